The van der Waals surface area contributed by atoms with Crippen LogP contribution in [0.25, 0.3) is 0 Å². The number of rotatable bonds is 1. The Morgan fingerprint density at radius 1 is 1.50 bits per heavy atom. The number of hydrogen-bond donors (Lipinski definition) is 1. The molecule has 0 aromatic heterocycles. The zero-order valence-corrected chi connectivity index (χ0v) is 7.91. The van der Waals surface area contributed by atoms with Gasteiger partial charge in [0.25, 0.3) is 0 Å². The van der Waals surface area contributed by atoms with Gasteiger partial charge in [0.1, 0.15) is 0 Å². The summed E-state index contributed by atoms with van der Waals surface area (Å²) in [5.41, 5.74) is 4.09. The standard InChI is InChI=1S/C10H12ClN/c1-2-7-5-8(11)6-10-9(7)3-4-12-10/h5-6,12H,2-4H2,1H3. The van der Waals surface area contributed by atoms with E-state index in [0.717, 1.165) is 24.4 Å². The van der Waals surface area contributed by atoms with Gasteiger partial charge >= 0.3 is 0 Å². The largest absolute Gasteiger partial charge is 0.384 e. The van der Waals surface area contributed by atoms with E-state index in [4.69, 9.17) is 11.6 Å². The maximum atomic E-state index is 5.97. The fraction of sp³-hybridized carbons (Fsp3) is 0.400. The molecular weight excluding hydrogens is 170 g/mol. The molecule has 0 saturated heterocycles. The Morgan fingerprint density at radius 3 is 3.08 bits per heavy atom. The molecule has 1 heterocycles. The summed E-state index contributed by atoms with van der Waals surface area (Å²) in [5, 5.41) is 4.18. The van der Waals surface area contributed by atoms with Crippen molar-refractivity contribution in [1.29, 1.82) is 0 Å². The van der Waals surface area contributed by atoms with Crippen molar-refractivity contribution in [1.82, 2.24) is 0 Å². The highest BCUT2D eigenvalue weighted by molar-refractivity contribution is 6.31. The minimum atomic E-state index is 0.847. The number of aryl methyl sites for hydroxylation is 1. The summed E-state index contributed by atoms with van der Waals surface area (Å²) in [4.78, 5) is 0. The van der Waals surface area contributed by atoms with Gasteiger partial charge in [0.2, 0.25) is 0 Å². The van der Waals surface area contributed by atoms with Crippen molar-refractivity contribution < 1.29 is 0 Å². The van der Waals surface area contributed by atoms with Gasteiger partial charge in [0.05, 0.1) is 0 Å². The number of hydrogen-bond acceptors (Lipinski definition) is 1. The van der Waals surface area contributed by atoms with Gasteiger partial charge < -0.3 is 5.32 Å². The van der Waals surface area contributed by atoms with Crippen LogP contribution in [0.5, 0.6) is 0 Å². The first-order valence-corrected chi connectivity index (χ1v) is 4.74. The lowest BCUT2D eigenvalue weighted by molar-refractivity contribution is 1.04. The van der Waals surface area contributed by atoms with Crippen molar-refractivity contribution in [3.05, 3.63) is 28.3 Å². The maximum Gasteiger partial charge on any atom is 0.0429 e. The van der Waals surface area contributed by atoms with E-state index in [-0.39, 0.29) is 0 Å². The molecule has 1 nitrogen and oxygen atoms in total. The van der Waals surface area contributed by atoms with Crippen molar-refractivity contribution in [3.63, 3.8) is 0 Å². The number of nitrogens with one attached hydrogen (secondary N) is 1. The molecule has 1 aliphatic rings. The summed E-state index contributed by atoms with van der Waals surface area (Å²) in [6.45, 7) is 3.23. The molecule has 2 rings (SSSR count). The third-order valence-electron chi connectivity index (χ3n) is 2.38. The Bertz CT molecular complexity index is 307. The monoisotopic (exact) mass is 181 g/mol. The van der Waals surface area contributed by atoms with E-state index < -0.39 is 0 Å². The summed E-state index contributed by atoms with van der Waals surface area (Å²) in [6.07, 6.45) is 2.22. The molecule has 0 aliphatic carbocycles. The van der Waals surface area contributed by atoms with Crippen LogP contribution in [0.15, 0.2) is 12.1 Å². The molecule has 0 amide bonds. The fourth-order valence-corrected chi connectivity index (χ4v) is 2.02. The van der Waals surface area contributed by atoms with Gasteiger partial charge in [-0.3, -0.25) is 0 Å². The molecular formula is C10H12ClN. The molecule has 0 spiro atoms. The zero-order chi connectivity index (χ0) is 8.55. The van der Waals surface area contributed by atoms with E-state index in [0.29, 0.717) is 0 Å². The topological polar surface area (TPSA) is 12.0 Å². The lowest BCUT2D eigenvalue weighted by atomic mass is 10.0. The van der Waals surface area contributed by atoms with Gasteiger partial charge in [-0.15, -0.1) is 0 Å². The number of halogens is 1. The Labute approximate surface area is 77.7 Å². The third kappa shape index (κ3) is 1.18. The molecule has 0 bridgehead atoms. The van der Waals surface area contributed by atoms with Crippen LogP contribution in [0.3, 0.4) is 0 Å². The van der Waals surface area contributed by atoms with Crippen molar-refractivity contribution in [2.75, 3.05) is 11.9 Å². The quantitative estimate of drug-likeness (QED) is 0.703. The normalized spacial score (nSPS) is 14.2. The first kappa shape index (κ1) is 7.93. The predicted octanol–water partition coefficient (Wildman–Crippen LogP) is 2.87. The third-order valence-corrected chi connectivity index (χ3v) is 2.60. The van der Waals surface area contributed by atoms with E-state index in [1.54, 1.807) is 0 Å². The first-order chi connectivity index (χ1) is 5.81. The molecule has 1 N–H and O–H groups in total. The highest BCUT2D eigenvalue weighted by Crippen LogP contribution is 2.29. The van der Waals surface area contributed by atoms with Crippen LogP contribution in [0.1, 0.15) is 18.1 Å². The molecule has 0 radical (unpaired) electrons. The molecule has 0 unspecified atom stereocenters. The van der Waals surface area contributed by atoms with E-state index in [9.17, 15) is 0 Å². The minimum Gasteiger partial charge on any atom is -0.384 e. The summed E-state index contributed by atoms with van der Waals surface area (Å²) >= 11 is 5.97. The van der Waals surface area contributed by atoms with E-state index >= 15 is 0 Å². The van der Waals surface area contributed by atoms with Gasteiger partial charge in [-0.05, 0) is 36.1 Å². The van der Waals surface area contributed by atoms with Crippen LogP contribution in [0, 0.1) is 0 Å². The minimum absolute atomic E-state index is 0.847. The maximum absolute atomic E-state index is 5.97. The highest BCUT2D eigenvalue weighted by atomic mass is 35.5. The van der Waals surface area contributed by atoms with Crippen LogP contribution in [-0.4, -0.2) is 6.54 Å². The highest BCUT2D eigenvalue weighted by Gasteiger charge is 2.13. The van der Waals surface area contributed by atoms with Gasteiger partial charge in [0, 0.05) is 17.3 Å². The fourth-order valence-electron chi connectivity index (χ4n) is 1.78. The van der Waals surface area contributed by atoms with Crippen molar-refractivity contribution >= 4 is 17.3 Å². The van der Waals surface area contributed by atoms with E-state index in [1.807, 2.05) is 6.07 Å². The van der Waals surface area contributed by atoms with Gasteiger partial charge in [-0.25, -0.2) is 0 Å². The summed E-state index contributed by atoms with van der Waals surface area (Å²) in [7, 11) is 0. The SMILES string of the molecule is CCc1cc(Cl)cc2c1CCN2. The van der Waals surface area contributed by atoms with Crippen molar-refractivity contribution in [2.45, 2.75) is 19.8 Å². The molecule has 1 aliphatic heterocycles. The lowest BCUT2D eigenvalue weighted by Gasteiger charge is -2.05. The number of benzene rings is 1. The van der Waals surface area contributed by atoms with Gasteiger partial charge in [0.15, 0.2) is 0 Å². The Balaban J connectivity index is 2.55. The smallest absolute Gasteiger partial charge is 0.0429 e. The van der Waals surface area contributed by atoms with E-state index in [1.165, 1.54) is 16.8 Å². The summed E-state index contributed by atoms with van der Waals surface area (Å²) in [5.74, 6) is 0. The van der Waals surface area contributed by atoms with Gasteiger partial charge in [-0.2, -0.15) is 0 Å². The molecule has 0 fully saturated rings. The molecule has 12 heavy (non-hydrogen) atoms. The molecule has 2 heteroatoms. The summed E-state index contributed by atoms with van der Waals surface area (Å²) in [6, 6.07) is 4.09. The number of anilines is 1. The average Bonchev–Trinajstić information content (AvgIpc) is 2.50. The molecule has 1 aromatic carbocycles. The average molecular weight is 182 g/mol. The van der Waals surface area contributed by atoms with Crippen LogP contribution in [-0.2, 0) is 12.8 Å². The van der Waals surface area contributed by atoms with Gasteiger partial charge in [-0.1, -0.05) is 18.5 Å². The molecule has 64 valence electrons. The second kappa shape index (κ2) is 2.98. The van der Waals surface area contributed by atoms with Crippen LogP contribution in [0.4, 0.5) is 5.69 Å². The Hall–Kier alpha value is -0.690. The number of fused-ring (bicyclic) bond motifs is 1. The Kier molecular flexibility index (Phi) is 1.97. The molecule has 0 atom stereocenters. The second-order valence-electron chi connectivity index (χ2n) is 3.12. The zero-order valence-electron chi connectivity index (χ0n) is 7.15. The van der Waals surface area contributed by atoms with E-state index in [2.05, 4.69) is 18.3 Å². The van der Waals surface area contributed by atoms with Crippen molar-refractivity contribution in [2.24, 2.45) is 0 Å². The molecule has 0 saturated carbocycles. The molecule has 1 aromatic rings. The first-order valence-electron chi connectivity index (χ1n) is 4.36. The Morgan fingerprint density at radius 2 is 2.33 bits per heavy atom. The second-order valence-corrected chi connectivity index (χ2v) is 3.56. The summed E-state index contributed by atoms with van der Waals surface area (Å²) < 4.78 is 0. The van der Waals surface area contributed by atoms with Crippen LogP contribution in [0.2, 0.25) is 5.02 Å². The van der Waals surface area contributed by atoms with Crippen molar-refractivity contribution in [3.8, 4) is 0 Å². The lowest BCUT2D eigenvalue weighted by Crippen LogP contribution is -1.90. The van der Waals surface area contributed by atoms with Crippen LogP contribution < -0.4 is 5.32 Å². The predicted molar refractivity (Wildman–Crippen MR) is 53.0 cm³/mol. The van der Waals surface area contributed by atoms with Crippen LogP contribution >= 0.6 is 11.6 Å².